The molecule has 2 aliphatic carbocycles. The minimum Gasteiger partial charge on any atom is -0.378 e. The van der Waals surface area contributed by atoms with Crippen LogP contribution < -0.4 is 16.0 Å². The summed E-state index contributed by atoms with van der Waals surface area (Å²) in [6.07, 6.45) is 16.6. The van der Waals surface area contributed by atoms with E-state index in [2.05, 4.69) is 56.0 Å². The van der Waals surface area contributed by atoms with Crippen LogP contribution in [0, 0.1) is 5.92 Å². The normalized spacial score (nSPS) is 32.5. The molecule has 5 N–H and O–H groups in total. The third-order valence-electron chi connectivity index (χ3n) is 8.21. The molecule has 1 saturated heterocycles. The highest BCUT2D eigenvalue weighted by atomic mass is 16.3. The average Bonchev–Trinajstić information content (AvgIpc) is 2.88. The van der Waals surface area contributed by atoms with Crippen molar-refractivity contribution in [1.29, 1.82) is 0 Å². The van der Waals surface area contributed by atoms with E-state index in [1.165, 1.54) is 17.8 Å². The molecular weight excluding hydrogens is 440 g/mol. The predicted molar refractivity (Wildman–Crippen MR) is 142 cm³/mol. The number of unbranched alkanes of at least 4 members (excludes halogenated alkanes) is 1. The number of hydrogen-bond donors (Lipinski definition) is 5. The van der Waals surface area contributed by atoms with E-state index in [-0.39, 0.29) is 12.5 Å². The Morgan fingerprint density at radius 2 is 1.83 bits per heavy atom. The molecule has 35 heavy (non-hydrogen) atoms. The summed E-state index contributed by atoms with van der Waals surface area (Å²) in [4.78, 5) is 9.57. The first-order chi connectivity index (χ1) is 17.0. The van der Waals surface area contributed by atoms with Crippen LogP contribution >= 0.6 is 0 Å². The van der Waals surface area contributed by atoms with E-state index >= 15 is 0 Å². The van der Waals surface area contributed by atoms with E-state index in [1.54, 1.807) is 6.92 Å². The first-order valence-corrected chi connectivity index (χ1v) is 14.0. The van der Waals surface area contributed by atoms with Crippen LogP contribution in [0.25, 0.3) is 0 Å². The monoisotopic (exact) mass is 488 g/mol. The fourth-order valence-corrected chi connectivity index (χ4v) is 6.05. The molecule has 1 fully saturated rings. The van der Waals surface area contributed by atoms with Crippen LogP contribution in [0.3, 0.4) is 0 Å². The van der Waals surface area contributed by atoms with Crippen LogP contribution in [0.5, 0.6) is 0 Å². The molecule has 0 spiro atoms. The minimum absolute atomic E-state index is 0.0364. The Morgan fingerprint density at radius 3 is 2.49 bits per heavy atom. The molecule has 0 radical (unpaired) electrons. The van der Waals surface area contributed by atoms with Gasteiger partial charge in [-0.25, -0.2) is 0 Å². The molecule has 0 aromatic rings. The van der Waals surface area contributed by atoms with Gasteiger partial charge in [0.05, 0.1) is 0 Å². The Labute approximate surface area is 211 Å². The Morgan fingerprint density at radius 1 is 1.06 bits per heavy atom. The van der Waals surface area contributed by atoms with E-state index in [0.717, 1.165) is 84.0 Å². The molecule has 0 bridgehead atoms. The third kappa shape index (κ3) is 7.76. The van der Waals surface area contributed by atoms with Crippen LogP contribution in [0.2, 0.25) is 0 Å². The van der Waals surface area contributed by atoms with Gasteiger partial charge >= 0.3 is 0 Å². The number of rotatable bonds is 10. The molecule has 0 aromatic carbocycles. The largest absolute Gasteiger partial charge is 0.378 e. The van der Waals surface area contributed by atoms with E-state index in [9.17, 15) is 10.2 Å². The van der Waals surface area contributed by atoms with Gasteiger partial charge in [0.1, 0.15) is 12.5 Å². The quantitative estimate of drug-likeness (QED) is 0.302. The Kier molecular flexibility index (Phi) is 10.0. The molecule has 0 amide bonds. The lowest BCUT2D eigenvalue weighted by atomic mass is 9.84. The molecule has 8 nitrogen and oxygen atoms in total. The van der Waals surface area contributed by atoms with Crippen LogP contribution in [-0.4, -0.2) is 83.2 Å². The molecule has 198 valence electrons. The summed E-state index contributed by atoms with van der Waals surface area (Å²) in [6, 6.07) is 1.06. The van der Waals surface area contributed by atoms with Crippen LogP contribution in [0.1, 0.15) is 78.1 Å². The first-order valence-electron chi connectivity index (χ1n) is 14.0. The van der Waals surface area contributed by atoms with Crippen molar-refractivity contribution >= 4 is 6.21 Å². The second-order valence-electron chi connectivity index (χ2n) is 10.8. The summed E-state index contributed by atoms with van der Waals surface area (Å²) in [6.45, 7) is 8.03. The number of nitrogens with zero attached hydrogens (tertiary/aromatic N) is 3. The summed E-state index contributed by atoms with van der Waals surface area (Å²) in [7, 11) is 0. The number of aliphatic hydroxyl groups excluding tert-OH is 2. The van der Waals surface area contributed by atoms with Gasteiger partial charge in [-0.2, -0.15) is 0 Å². The third-order valence-corrected chi connectivity index (χ3v) is 8.21. The number of nitrogens with one attached hydrogen (secondary N) is 3. The van der Waals surface area contributed by atoms with Gasteiger partial charge in [0.2, 0.25) is 0 Å². The number of aliphatic hydroxyl groups is 2. The van der Waals surface area contributed by atoms with Crippen LogP contribution in [0.15, 0.2) is 28.5 Å². The fourth-order valence-electron chi connectivity index (χ4n) is 6.05. The summed E-state index contributed by atoms with van der Waals surface area (Å²) in [5.41, 5.74) is 2.49. The minimum atomic E-state index is -0.484. The van der Waals surface area contributed by atoms with Gasteiger partial charge in [0.15, 0.2) is 6.29 Å². The first kappa shape index (κ1) is 26.6. The SMILES string of the molecule is CCCCC(O)N1CCN(C2CC=C(NC3N=CCC(C4CC=C(NC(C)O)CC4)N3)CC2)CC1. The Bertz CT molecular complexity index is 746. The molecule has 2 heterocycles. The zero-order valence-electron chi connectivity index (χ0n) is 21.8. The molecular formula is C27H48N6O2. The van der Waals surface area contributed by atoms with Gasteiger partial charge in [-0.1, -0.05) is 25.5 Å². The molecule has 6 atom stereocenters. The van der Waals surface area contributed by atoms with Crippen LogP contribution in [-0.2, 0) is 0 Å². The van der Waals surface area contributed by atoms with E-state index in [1.807, 2.05) is 0 Å². The fraction of sp³-hybridized carbons (Fsp3) is 0.815. The maximum absolute atomic E-state index is 10.4. The van der Waals surface area contributed by atoms with E-state index in [0.29, 0.717) is 18.0 Å². The highest BCUT2D eigenvalue weighted by Gasteiger charge is 2.30. The van der Waals surface area contributed by atoms with Crippen molar-refractivity contribution in [1.82, 2.24) is 25.8 Å². The number of hydrogen-bond acceptors (Lipinski definition) is 8. The van der Waals surface area contributed by atoms with Gasteiger partial charge in [0, 0.05) is 55.9 Å². The van der Waals surface area contributed by atoms with Crippen molar-refractivity contribution in [2.45, 2.75) is 109 Å². The van der Waals surface area contributed by atoms with Gasteiger partial charge in [-0.15, -0.1) is 0 Å². The molecule has 2 aliphatic heterocycles. The van der Waals surface area contributed by atoms with Gasteiger partial charge < -0.3 is 20.8 Å². The molecule has 4 aliphatic rings. The van der Waals surface area contributed by atoms with Crippen molar-refractivity contribution < 1.29 is 10.2 Å². The topological polar surface area (TPSA) is 95.4 Å². The molecule has 4 rings (SSSR count). The maximum Gasteiger partial charge on any atom is 0.173 e. The molecule has 6 unspecified atom stereocenters. The summed E-state index contributed by atoms with van der Waals surface area (Å²) >= 11 is 0. The van der Waals surface area contributed by atoms with Crippen molar-refractivity contribution in [2.75, 3.05) is 26.2 Å². The van der Waals surface area contributed by atoms with E-state index < -0.39 is 6.23 Å². The van der Waals surface area contributed by atoms with Crippen molar-refractivity contribution in [3.63, 3.8) is 0 Å². The second-order valence-corrected chi connectivity index (χ2v) is 10.8. The zero-order valence-corrected chi connectivity index (χ0v) is 21.8. The zero-order chi connectivity index (χ0) is 24.6. The van der Waals surface area contributed by atoms with Crippen molar-refractivity contribution in [3.05, 3.63) is 23.5 Å². The average molecular weight is 489 g/mol. The lowest BCUT2D eigenvalue weighted by Crippen LogP contribution is -2.54. The highest BCUT2D eigenvalue weighted by molar-refractivity contribution is 5.59. The van der Waals surface area contributed by atoms with Gasteiger partial charge in [0.25, 0.3) is 0 Å². The Balaban J connectivity index is 1.19. The summed E-state index contributed by atoms with van der Waals surface area (Å²) < 4.78 is 0. The number of piperazine rings is 1. The number of aliphatic imine (C=N–C) groups is 1. The number of allylic oxidation sites excluding steroid dienone is 3. The Hall–Kier alpha value is -1.45. The smallest absolute Gasteiger partial charge is 0.173 e. The predicted octanol–water partition coefficient (Wildman–Crippen LogP) is 2.47. The van der Waals surface area contributed by atoms with Crippen molar-refractivity contribution in [2.24, 2.45) is 10.9 Å². The highest BCUT2D eigenvalue weighted by Crippen LogP contribution is 2.28. The van der Waals surface area contributed by atoms with Crippen molar-refractivity contribution in [3.8, 4) is 0 Å². The maximum atomic E-state index is 10.4. The van der Waals surface area contributed by atoms with E-state index in [4.69, 9.17) is 0 Å². The van der Waals surface area contributed by atoms with Crippen LogP contribution in [0.4, 0.5) is 0 Å². The molecule has 0 saturated carbocycles. The molecule has 0 aromatic heterocycles. The lowest BCUT2D eigenvalue weighted by molar-refractivity contribution is -0.0383. The standard InChI is InChI=1S/C27H48N6O2/c1-3-4-5-26(35)33-18-16-32(17-19-33)24-12-10-23(11-13-24)30-27-28-15-14-25(31-27)21-6-8-22(9-7-21)29-20(2)34/h8,10,15,20-21,24-27,29-31,34-35H,3-7,9,11-14,16-19H2,1-2H3. The summed E-state index contributed by atoms with van der Waals surface area (Å²) in [5.74, 6) is 0.606. The second kappa shape index (κ2) is 13.2. The summed E-state index contributed by atoms with van der Waals surface area (Å²) in [5, 5.41) is 30.5. The van der Waals surface area contributed by atoms with Gasteiger partial charge in [-0.3, -0.25) is 20.1 Å². The molecule has 8 heteroatoms. The van der Waals surface area contributed by atoms with Gasteiger partial charge in [-0.05, 0) is 70.6 Å². The lowest BCUT2D eigenvalue weighted by Gasteiger charge is -2.42.